The molecule has 1 aliphatic carbocycles. The van der Waals surface area contributed by atoms with Crippen molar-refractivity contribution in [2.24, 2.45) is 0 Å². The molecule has 0 unspecified atom stereocenters. The van der Waals surface area contributed by atoms with Crippen LogP contribution in [0, 0.1) is 0 Å². The molecule has 2 aromatic rings. The molecule has 23 heavy (non-hydrogen) atoms. The maximum Gasteiger partial charge on any atom is 0.226 e. The Morgan fingerprint density at radius 1 is 1.00 bits per heavy atom. The fourth-order valence-electron chi connectivity index (χ4n) is 3.16. The van der Waals surface area contributed by atoms with Gasteiger partial charge < -0.3 is 9.32 Å². The zero-order chi connectivity index (χ0) is 15.6. The Morgan fingerprint density at radius 2 is 1.61 bits per heavy atom. The van der Waals surface area contributed by atoms with Gasteiger partial charge in [0.05, 0.1) is 6.42 Å². The molecule has 0 atom stereocenters. The van der Waals surface area contributed by atoms with E-state index in [1.807, 2.05) is 35.2 Å². The lowest BCUT2D eigenvalue weighted by atomic mass is 9.96. The van der Waals surface area contributed by atoms with Crippen LogP contribution in [0.3, 0.4) is 0 Å². The van der Waals surface area contributed by atoms with Crippen molar-refractivity contribution >= 4 is 5.91 Å². The lowest BCUT2D eigenvalue weighted by molar-refractivity contribution is -0.131. The number of carbonyl (C=O) groups excluding carboxylic acids is 1. The molecule has 5 nitrogen and oxygen atoms in total. The first-order valence-corrected chi connectivity index (χ1v) is 8.44. The van der Waals surface area contributed by atoms with Gasteiger partial charge in [-0.05, 0) is 31.2 Å². The summed E-state index contributed by atoms with van der Waals surface area (Å²) in [5, 5.41) is 8.38. The predicted molar refractivity (Wildman–Crippen MR) is 85.0 cm³/mol. The maximum absolute atomic E-state index is 12.4. The highest BCUT2D eigenvalue weighted by molar-refractivity contribution is 5.78. The van der Waals surface area contributed by atoms with E-state index in [-0.39, 0.29) is 5.91 Å². The summed E-state index contributed by atoms with van der Waals surface area (Å²) < 4.78 is 5.81. The van der Waals surface area contributed by atoms with Gasteiger partial charge in [-0.1, -0.05) is 30.3 Å². The molecule has 120 valence electrons. The zero-order valence-corrected chi connectivity index (χ0v) is 13.1. The van der Waals surface area contributed by atoms with Crippen LogP contribution in [0.4, 0.5) is 0 Å². The third-order valence-electron chi connectivity index (χ3n) is 4.78. The van der Waals surface area contributed by atoms with E-state index in [0.717, 1.165) is 43.3 Å². The average Bonchev–Trinajstić information content (AvgIpc) is 3.33. The lowest BCUT2D eigenvalue weighted by Gasteiger charge is -2.30. The molecule has 5 heteroatoms. The SMILES string of the molecule is O=C(Cc1ccccc1)N1CCC(c2nnc(C3CC3)o2)CC1. The maximum atomic E-state index is 12.4. The van der Waals surface area contributed by atoms with Gasteiger partial charge in [0.15, 0.2) is 0 Å². The second-order valence-corrected chi connectivity index (χ2v) is 6.57. The fourth-order valence-corrected chi connectivity index (χ4v) is 3.16. The van der Waals surface area contributed by atoms with E-state index < -0.39 is 0 Å². The molecule has 0 radical (unpaired) electrons. The highest BCUT2D eigenvalue weighted by Gasteiger charge is 2.32. The topological polar surface area (TPSA) is 59.2 Å². The summed E-state index contributed by atoms with van der Waals surface area (Å²) in [6.07, 6.45) is 4.65. The highest BCUT2D eigenvalue weighted by Crippen LogP contribution is 2.40. The van der Waals surface area contributed by atoms with Crippen molar-refractivity contribution in [1.29, 1.82) is 0 Å². The van der Waals surface area contributed by atoms with Crippen molar-refractivity contribution in [1.82, 2.24) is 15.1 Å². The van der Waals surface area contributed by atoms with Crippen molar-refractivity contribution in [3.8, 4) is 0 Å². The van der Waals surface area contributed by atoms with Gasteiger partial charge in [0.25, 0.3) is 0 Å². The normalized spacial score (nSPS) is 19.0. The molecule has 2 aliphatic rings. The summed E-state index contributed by atoms with van der Waals surface area (Å²) in [6.45, 7) is 1.55. The number of nitrogens with zero attached hydrogens (tertiary/aromatic N) is 3. The number of carbonyl (C=O) groups is 1. The number of piperidine rings is 1. The first-order chi connectivity index (χ1) is 11.3. The van der Waals surface area contributed by atoms with Crippen LogP contribution in [-0.4, -0.2) is 34.1 Å². The van der Waals surface area contributed by atoms with Crippen LogP contribution in [0.2, 0.25) is 0 Å². The number of likely N-dealkylation sites (tertiary alicyclic amines) is 1. The molecule has 1 aromatic heterocycles. The van der Waals surface area contributed by atoms with Crippen molar-refractivity contribution in [3.05, 3.63) is 47.7 Å². The average molecular weight is 311 g/mol. The van der Waals surface area contributed by atoms with Gasteiger partial charge in [0, 0.05) is 24.9 Å². The number of aromatic nitrogens is 2. The molecule has 0 spiro atoms. The van der Waals surface area contributed by atoms with Gasteiger partial charge in [-0.25, -0.2) is 0 Å². The molecule has 1 aromatic carbocycles. The summed E-state index contributed by atoms with van der Waals surface area (Å²) in [6, 6.07) is 9.93. The number of hydrogen-bond acceptors (Lipinski definition) is 4. The quantitative estimate of drug-likeness (QED) is 0.871. The summed E-state index contributed by atoms with van der Waals surface area (Å²) >= 11 is 0. The van der Waals surface area contributed by atoms with Crippen LogP contribution in [0.1, 0.15) is 54.9 Å². The zero-order valence-electron chi connectivity index (χ0n) is 13.1. The smallest absolute Gasteiger partial charge is 0.226 e. The molecule has 1 saturated carbocycles. The van der Waals surface area contributed by atoms with Crippen molar-refractivity contribution < 1.29 is 9.21 Å². The first kappa shape index (κ1) is 14.4. The first-order valence-electron chi connectivity index (χ1n) is 8.44. The van der Waals surface area contributed by atoms with E-state index in [4.69, 9.17) is 4.42 Å². The molecular weight excluding hydrogens is 290 g/mol. The minimum absolute atomic E-state index is 0.207. The van der Waals surface area contributed by atoms with Crippen molar-refractivity contribution in [2.45, 2.75) is 43.9 Å². The largest absolute Gasteiger partial charge is 0.425 e. The minimum atomic E-state index is 0.207. The predicted octanol–water partition coefficient (Wildman–Crippen LogP) is 2.90. The number of benzene rings is 1. The molecule has 0 N–H and O–H groups in total. The number of amides is 1. The Bertz CT molecular complexity index is 671. The van der Waals surface area contributed by atoms with Crippen LogP contribution in [0.15, 0.2) is 34.7 Å². The van der Waals surface area contributed by atoms with Crippen molar-refractivity contribution in [2.75, 3.05) is 13.1 Å². The van der Waals surface area contributed by atoms with E-state index in [1.165, 1.54) is 12.8 Å². The van der Waals surface area contributed by atoms with Gasteiger partial charge >= 0.3 is 0 Å². The van der Waals surface area contributed by atoms with Crippen LogP contribution in [0.5, 0.6) is 0 Å². The number of hydrogen-bond donors (Lipinski definition) is 0. The summed E-state index contributed by atoms with van der Waals surface area (Å²) in [4.78, 5) is 14.3. The van der Waals surface area contributed by atoms with Gasteiger partial charge in [-0.15, -0.1) is 10.2 Å². The molecule has 1 amide bonds. The van der Waals surface area contributed by atoms with Gasteiger partial charge in [-0.2, -0.15) is 0 Å². The Balaban J connectivity index is 1.32. The van der Waals surface area contributed by atoms with Gasteiger partial charge in [-0.3, -0.25) is 4.79 Å². The monoisotopic (exact) mass is 311 g/mol. The summed E-state index contributed by atoms with van der Waals surface area (Å²) in [5.74, 6) is 2.59. The Kier molecular flexibility index (Phi) is 3.85. The molecule has 2 fully saturated rings. The molecule has 1 aliphatic heterocycles. The van der Waals surface area contributed by atoms with Crippen LogP contribution in [0.25, 0.3) is 0 Å². The third kappa shape index (κ3) is 3.28. The Morgan fingerprint density at radius 3 is 2.22 bits per heavy atom. The lowest BCUT2D eigenvalue weighted by Crippen LogP contribution is -2.38. The molecule has 4 rings (SSSR count). The highest BCUT2D eigenvalue weighted by atomic mass is 16.4. The Hall–Kier alpha value is -2.17. The minimum Gasteiger partial charge on any atom is -0.425 e. The fraction of sp³-hybridized carbons (Fsp3) is 0.500. The second kappa shape index (κ2) is 6.14. The van der Waals surface area contributed by atoms with Crippen LogP contribution >= 0.6 is 0 Å². The van der Waals surface area contributed by atoms with Crippen LogP contribution < -0.4 is 0 Å². The van der Waals surface area contributed by atoms with E-state index in [0.29, 0.717) is 18.3 Å². The van der Waals surface area contributed by atoms with Crippen molar-refractivity contribution in [3.63, 3.8) is 0 Å². The number of rotatable bonds is 4. The van der Waals surface area contributed by atoms with Gasteiger partial charge in [0.1, 0.15) is 0 Å². The Labute approximate surface area is 135 Å². The van der Waals surface area contributed by atoms with Crippen LogP contribution in [-0.2, 0) is 11.2 Å². The van der Waals surface area contributed by atoms with Gasteiger partial charge in [0.2, 0.25) is 17.7 Å². The summed E-state index contributed by atoms with van der Waals surface area (Å²) in [5.41, 5.74) is 1.07. The van der Waals surface area contributed by atoms with E-state index >= 15 is 0 Å². The summed E-state index contributed by atoms with van der Waals surface area (Å²) in [7, 11) is 0. The van der Waals surface area contributed by atoms with E-state index in [2.05, 4.69) is 10.2 Å². The standard InChI is InChI=1S/C18H21N3O2/c22-16(12-13-4-2-1-3-5-13)21-10-8-15(9-11-21)18-20-19-17(23-18)14-6-7-14/h1-5,14-15H,6-12H2. The van der Waals surface area contributed by atoms with E-state index in [1.54, 1.807) is 0 Å². The molecule has 2 heterocycles. The van der Waals surface area contributed by atoms with E-state index in [9.17, 15) is 4.79 Å². The molecule has 1 saturated heterocycles. The second-order valence-electron chi connectivity index (χ2n) is 6.57. The molecule has 0 bridgehead atoms. The third-order valence-corrected chi connectivity index (χ3v) is 4.78. The molecular formula is C18H21N3O2.